The monoisotopic (exact) mass is 470 g/mol. The van der Waals surface area contributed by atoms with Crippen molar-refractivity contribution >= 4 is 8.80 Å². The normalized spacial score (nSPS) is 25.8. The van der Waals surface area contributed by atoms with Crippen LogP contribution in [0.2, 0.25) is 18.1 Å². The number of ether oxygens (including phenoxy) is 1. The van der Waals surface area contributed by atoms with Crippen LogP contribution < -0.4 is 0 Å². The van der Waals surface area contributed by atoms with Gasteiger partial charge in [-0.2, -0.15) is 0 Å². The first-order valence-electron chi connectivity index (χ1n) is 13.2. The first-order valence-corrected chi connectivity index (χ1v) is 15.6. The lowest BCUT2D eigenvalue weighted by Gasteiger charge is -2.32. The molecular formula is C29H40F2OSi. The summed E-state index contributed by atoms with van der Waals surface area (Å²) in [5, 5.41) is 0. The maximum atomic E-state index is 13.6. The second-order valence-corrected chi connectivity index (χ2v) is 14.0. The summed E-state index contributed by atoms with van der Waals surface area (Å²) in [6, 6.07) is 17.3. The molecule has 1 saturated heterocycles. The van der Waals surface area contributed by atoms with Crippen molar-refractivity contribution in [3.8, 4) is 11.1 Å². The van der Waals surface area contributed by atoms with Gasteiger partial charge in [0, 0.05) is 22.5 Å². The Kier molecular flexibility index (Phi) is 9.14. The molecule has 1 heterocycles. The minimum absolute atomic E-state index is 0.443. The molecule has 0 N–H and O–H groups in total. The molecule has 1 nitrogen and oxygen atoms in total. The molecule has 0 bridgehead atoms. The van der Waals surface area contributed by atoms with Gasteiger partial charge in [-0.15, -0.1) is 0 Å². The van der Waals surface area contributed by atoms with E-state index in [0.29, 0.717) is 5.92 Å². The molecule has 2 fully saturated rings. The van der Waals surface area contributed by atoms with Gasteiger partial charge < -0.3 is 4.74 Å². The predicted molar refractivity (Wildman–Crippen MR) is 137 cm³/mol. The summed E-state index contributed by atoms with van der Waals surface area (Å²) >= 11 is 0. The van der Waals surface area contributed by atoms with Crippen LogP contribution in [0.15, 0.2) is 42.5 Å². The Hall–Kier alpha value is -1.52. The molecule has 4 heteroatoms. The SMILES string of the molecule is COCCC[Si@H]1CC[C@H](CC[C@H]2CC[C@H](c3ccc(-c4ccc(F)c(F)c4)cc3)CC2)CC1. The van der Waals surface area contributed by atoms with Crippen LogP contribution in [0.3, 0.4) is 0 Å². The van der Waals surface area contributed by atoms with Crippen LogP contribution in [0.4, 0.5) is 8.78 Å². The van der Waals surface area contributed by atoms with Gasteiger partial charge >= 0.3 is 0 Å². The summed E-state index contributed by atoms with van der Waals surface area (Å²) in [6.07, 6.45) is 12.5. The van der Waals surface area contributed by atoms with E-state index in [0.717, 1.165) is 29.6 Å². The molecule has 1 saturated carbocycles. The Morgan fingerprint density at radius 2 is 1.42 bits per heavy atom. The Morgan fingerprint density at radius 1 is 0.788 bits per heavy atom. The van der Waals surface area contributed by atoms with Crippen molar-refractivity contribution in [1.82, 2.24) is 0 Å². The first kappa shape index (κ1) is 24.6. The topological polar surface area (TPSA) is 9.23 Å². The zero-order chi connectivity index (χ0) is 23.0. The highest BCUT2D eigenvalue weighted by atomic mass is 28.3. The highest BCUT2D eigenvalue weighted by Gasteiger charge is 2.25. The lowest BCUT2D eigenvalue weighted by Crippen LogP contribution is -2.22. The van der Waals surface area contributed by atoms with Gasteiger partial charge in [0.1, 0.15) is 0 Å². The zero-order valence-corrected chi connectivity index (χ0v) is 21.4. The molecule has 2 aromatic carbocycles. The smallest absolute Gasteiger partial charge is 0.159 e. The maximum Gasteiger partial charge on any atom is 0.159 e. The molecule has 180 valence electrons. The third-order valence-electron chi connectivity index (χ3n) is 8.39. The molecule has 4 rings (SSSR count). The van der Waals surface area contributed by atoms with E-state index in [2.05, 4.69) is 24.3 Å². The number of halogens is 2. The molecular weight excluding hydrogens is 430 g/mol. The molecule has 33 heavy (non-hydrogen) atoms. The first-order chi connectivity index (χ1) is 16.1. The molecule has 1 aliphatic heterocycles. The van der Waals surface area contributed by atoms with E-state index < -0.39 is 20.4 Å². The third kappa shape index (κ3) is 6.99. The van der Waals surface area contributed by atoms with Gasteiger partial charge in [-0.05, 0) is 78.7 Å². The molecule has 0 amide bonds. The fourth-order valence-corrected chi connectivity index (χ4v) is 9.70. The van der Waals surface area contributed by atoms with Gasteiger partial charge in [0.15, 0.2) is 11.6 Å². The lowest BCUT2D eigenvalue weighted by molar-refractivity contribution is 0.199. The van der Waals surface area contributed by atoms with E-state index in [1.807, 2.05) is 7.11 Å². The van der Waals surface area contributed by atoms with E-state index in [1.165, 1.54) is 81.5 Å². The summed E-state index contributed by atoms with van der Waals surface area (Å²) in [4.78, 5) is 0. The zero-order valence-electron chi connectivity index (χ0n) is 20.2. The van der Waals surface area contributed by atoms with Crippen molar-refractivity contribution < 1.29 is 13.5 Å². The fourth-order valence-electron chi connectivity index (χ4n) is 6.20. The second-order valence-electron chi connectivity index (χ2n) is 10.6. The molecule has 0 aromatic heterocycles. The van der Waals surface area contributed by atoms with Crippen LogP contribution in [0.5, 0.6) is 0 Å². The number of hydrogen-bond acceptors (Lipinski definition) is 1. The summed E-state index contributed by atoms with van der Waals surface area (Å²) in [5.74, 6) is 0.984. The highest BCUT2D eigenvalue weighted by Crippen LogP contribution is 2.40. The van der Waals surface area contributed by atoms with E-state index in [9.17, 15) is 8.78 Å². The molecule has 2 aromatic rings. The average molecular weight is 471 g/mol. The van der Waals surface area contributed by atoms with Crippen molar-refractivity contribution in [3.63, 3.8) is 0 Å². The Bertz CT molecular complexity index is 852. The quantitative estimate of drug-likeness (QED) is 0.264. The van der Waals surface area contributed by atoms with Crippen LogP contribution in [0.1, 0.15) is 69.3 Å². The number of rotatable bonds is 9. The van der Waals surface area contributed by atoms with Gasteiger partial charge in [-0.3, -0.25) is 0 Å². The lowest BCUT2D eigenvalue weighted by atomic mass is 9.76. The Morgan fingerprint density at radius 3 is 2.06 bits per heavy atom. The van der Waals surface area contributed by atoms with Gasteiger partial charge in [0.05, 0.1) is 0 Å². The Balaban J connectivity index is 1.18. The van der Waals surface area contributed by atoms with Gasteiger partial charge in [0.25, 0.3) is 0 Å². The molecule has 0 unspecified atom stereocenters. The molecule has 0 atom stereocenters. The number of hydrogen-bond donors (Lipinski definition) is 0. The highest BCUT2D eigenvalue weighted by molar-refractivity contribution is 6.58. The van der Waals surface area contributed by atoms with E-state index in [-0.39, 0.29) is 0 Å². The van der Waals surface area contributed by atoms with E-state index in [4.69, 9.17) is 4.74 Å². The van der Waals surface area contributed by atoms with Crippen LogP contribution in [0, 0.1) is 23.5 Å². The van der Waals surface area contributed by atoms with E-state index >= 15 is 0 Å². The largest absolute Gasteiger partial charge is 0.385 e. The van der Waals surface area contributed by atoms with Crippen LogP contribution in [0.25, 0.3) is 11.1 Å². The summed E-state index contributed by atoms with van der Waals surface area (Å²) in [5.41, 5.74) is 3.08. The molecule has 0 spiro atoms. The van der Waals surface area contributed by atoms with Crippen molar-refractivity contribution in [2.45, 2.75) is 81.8 Å². The third-order valence-corrected chi connectivity index (χ3v) is 11.9. The van der Waals surface area contributed by atoms with Gasteiger partial charge in [-0.25, -0.2) is 8.78 Å². The van der Waals surface area contributed by atoms with Crippen molar-refractivity contribution in [2.75, 3.05) is 13.7 Å². The van der Waals surface area contributed by atoms with Crippen LogP contribution in [-0.4, -0.2) is 22.5 Å². The Labute approximate surface area is 200 Å². The van der Waals surface area contributed by atoms with Crippen LogP contribution >= 0.6 is 0 Å². The second kappa shape index (κ2) is 12.3. The van der Waals surface area contributed by atoms with Crippen molar-refractivity contribution in [2.24, 2.45) is 11.8 Å². The van der Waals surface area contributed by atoms with Crippen LogP contribution in [-0.2, 0) is 4.74 Å². The minimum atomic E-state index is -0.792. The van der Waals surface area contributed by atoms with Crippen molar-refractivity contribution in [3.05, 3.63) is 59.7 Å². The maximum absolute atomic E-state index is 13.6. The van der Waals surface area contributed by atoms with Gasteiger partial charge in [-0.1, -0.05) is 74.1 Å². The average Bonchev–Trinajstić information content (AvgIpc) is 2.86. The molecule has 2 aliphatic rings. The number of benzene rings is 2. The molecule has 0 radical (unpaired) electrons. The number of methoxy groups -OCH3 is 1. The van der Waals surface area contributed by atoms with E-state index in [1.54, 1.807) is 18.2 Å². The minimum Gasteiger partial charge on any atom is -0.385 e. The predicted octanol–water partition coefficient (Wildman–Crippen LogP) is 8.36. The fraction of sp³-hybridized carbons (Fsp3) is 0.586. The summed E-state index contributed by atoms with van der Waals surface area (Å²) < 4.78 is 32.0. The van der Waals surface area contributed by atoms with Crippen molar-refractivity contribution in [1.29, 1.82) is 0 Å². The summed E-state index contributed by atoms with van der Waals surface area (Å²) in [6.45, 7) is 0.952. The summed E-state index contributed by atoms with van der Waals surface area (Å²) in [7, 11) is 1.38. The molecule has 1 aliphatic carbocycles. The standard InChI is InChI=1S/C29H40F2OSi/c1-32-17-2-18-33-19-15-23(16-20-33)4-3-22-5-7-24(8-6-22)25-9-11-26(12-10-25)27-13-14-28(30)29(31)21-27/h9-14,21-24,33H,2-8,15-20H2,1H3/t22-,23-,24-,33-. The van der Waals surface area contributed by atoms with Gasteiger partial charge in [0.2, 0.25) is 0 Å².